The number of rotatable bonds is 2. The van der Waals surface area contributed by atoms with Crippen LogP contribution < -0.4 is 0 Å². The van der Waals surface area contributed by atoms with Crippen LogP contribution in [-0.2, 0) is 0 Å². The van der Waals surface area contributed by atoms with E-state index in [1.54, 1.807) is 41.2 Å². The summed E-state index contributed by atoms with van der Waals surface area (Å²) in [4.78, 5) is 15.4. The topological polar surface area (TPSA) is 47.3 Å². The van der Waals surface area contributed by atoms with Crippen molar-refractivity contribution in [3.63, 3.8) is 0 Å². The SMILES string of the molecule is O=Cc1c(-c2ccc(Cl)cc2Cl)nn2cccnc12. The van der Waals surface area contributed by atoms with Crippen LogP contribution in [-0.4, -0.2) is 20.9 Å². The molecule has 2 heterocycles. The molecule has 2 aromatic heterocycles. The lowest BCUT2D eigenvalue weighted by molar-refractivity contribution is 0.112. The van der Waals surface area contributed by atoms with Gasteiger partial charge in [0, 0.05) is 23.0 Å². The van der Waals surface area contributed by atoms with Crippen LogP contribution in [0.1, 0.15) is 10.4 Å². The quantitative estimate of drug-likeness (QED) is 0.679. The van der Waals surface area contributed by atoms with Crippen molar-refractivity contribution in [2.75, 3.05) is 0 Å². The molecular weight excluding hydrogens is 285 g/mol. The minimum Gasteiger partial charge on any atom is -0.298 e. The average Bonchev–Trinajstić information content (AvgIpc) is 2.76. The molecule has 6 heteroatoms. The maximum absolute atomic E-state index is 11.3. The van der Waals surface area contributed by atoms with Crippen LogP contribution in [0.15, 0.2) is 36.7 Å². The summed E-state index contributed by atoms with van der Waals surface area (Å²) in [5.41, 5.74) is 2.05. The third-order valence-corrected chi connectivity index (χ3v) is 3.28. The summed E-state index contributed by atoms with van der Waals surface area (Å²) in [6.45, 7) is 0. The molecule has 0 atom stereocenters. The van der Waals surface area contributed by atoms with Gasteiger partial charge in [0.1, 0.15) is 5.69 Å². The van der Waals surface area contributed by atoms with Gasteiger partial charge in [-0.15, -0.1) is 0 Å². The van der Waals surface area contributed by atoms with Gasteiger partial charge in [0.25, 0.3) is 0 Å². The van der Waals surface area contributed by atoms with Gasteiger partial charge in [0.2, 0.25) is 0 Å². The summed E-state index contributed by atoms with van der Waals surface area (Å²) in [5.74, 6) is 0. The lowest BCUT2D eigenvalue weighted by atomic mass is 10.1. The molecule has 0 spiro atoms. The molecule has 4 nitrogen and oxygen atoms in total. The number of halogens is 2. The van der Waals surface area contributed by atoms with Crippen molar-refractivity contribution >= 4 is 35.1 Å². The third kappa shape index (κ3) is 1.99. The van der Waals surface area contributed by atoms with Crippen molar-refractivity contribution in [2.24, 2.45) is 0 Å². The van der Waals surface area contributed by atoms with Crippen molar-refractivity contribution in [2.45, 2.75) is 0 Å². The number of carbonyl (C=O) groups excluding carboxylic acids is 1. The Morgan fingerprint density at radius 1 is 1.26 bits per heavy atom. The van der Waals surface area contributed by atoms with Crippen molar-refractivity contribution in [3.8, 4) is 11.3 Å². The highest BCUT2D eigenvalue weighted by Gasteiger charge is 2.17. The van der Waals surface area contributed by atoms with Crippen LogP contribution in [0.25, 0.3) is 16.9 Å². The molecule has 3 rings (SSSR count). The predicted molar refractivity (Wildman–Crippen MR) is 73.8 cm³/mol. The second-order valence-corrected chi connectivity index (χ2v) is 4.74. The molecule has 94 valence electrons. The van der Waals surface area contributed by atoms with E-state index in [1.165, 1.54) is 0 Å². The molecule has 0 bridgehead atoms. The van der Waals surface area contributed by atoms with Crippen LogP contribution in [0.5, 0.6) is 0 Å². The normalized spacial score (nSPS) is 10.8. The summed E-state index contributed by atoms with van der Waals surface area (Å²) in [6, 6.07) is 6.79. The Bertz CT molecular complexity index is 783. The van der Waals surface area contributed by atoms with Gasteiger partial charge in [-0.1, -0.05) is 23.2 Å². The largest absolute Gasteiger partial charge is 0.298 e. The van der Waals surface area contributed by atoms with E-state index in [0.717, 1.165) is 6.29 Å². The van der Waals surface area contributed by atoms with Crippen LogP contribution in [0.4, 0.5) is 0 Å². The Morgan fingerprint density at radius 2 is 2.11 bits per heavy atom. The second-order valence-electron chi connectivity index (χ2n) is 3.89. The standard InChI is InChI=1S/C13H7Cl2N3O/c14-8-2-3-9(11(15)6-8)12-10(7-19)13-16-4-1-5-18(13)17-12/h1-7H. The van der Waals surface area contributed by atoms with E-state index in [1.807, 2.05) is 0 Å². The van der Waals surface area contributed by atoms with Gasteiger partial charge in [0.05, 0.1) is 10.6 Å². The van der Waals surface area contributed by atoms with E-state index in [9.17, 15) is 4.79 Å². The number of carbonyl (C=O) groups is 1. The van der Waals surface area contributed by atoms with Gasteiger partial charge in [-0.25, -0.2) is 9.50 Å². The van der Waals surface area contributed by atoms with Gasteiger partial charge in [0.15, 0.2) is 11.9 Å². The molecule has 0 aliphatic heterocycles. The fraction of sp³-hybridized carbons (Fsp3) is 0. The smallest absolute Gasteiger partial charge is 0.166 e. The molecule has 0 fully saturated rings. The fourth-order valence-electron chi connectivity index (χ4n) is 1.89. The molecule has 0 amide bonds. The molecule has 0 saturated heterocycles. The first-order chi connectivity index (χ1) is 9.20. The second kappa shape index (κ2) is 4.64. The lowest BCUT2D eigenvalue weighted by Crippen LogP contribution is -1.88. The van der Waals surface area contributed by atoms with Crippen molar-refractivity contribution in [1.82, 2.24) is 14.6 Å². The molecular formula is C13H7Cl2N3O. The van der Waals surface area contributed by atoms with Gasteiger partial charge in [-0.2, -0.15) is 5.10 Å². The van der Waals surface area contributed by atoms with Crippen LogP contribution >= 0.6 is 23.2 Å². The Kier molecular flexibility index (Phi) is 2.97. The molecule has 3 aromatic rings. The van der Waals surface area contributed by atoms with E-state index in [-0.39, 0.29) is 0 Å². The molecule has 0 aliphatic rings. The summed E-state index contributed by atoms with van der Waals surface area (Å²) >= 11 is 12.0. The minimum atomic E-state index is 0.407. The van der Waals surface area contributed by atoms with E-state index in [4.69, 9.17) is 23.2 Å². The van der Waals surface area contributed by atoms with Crippen molar-refractivity contribution < 1.29 is 4.79 Å². The zero-order valence-electron chi connectivity index (χ0n) is 9.55. The number of fused-ring (bicyclic) bond motifs is 1. The van der Waals surface area contributed by atoms with Gasteiger partial charge in [-0.05, 0) is 24.3 Å². The number of aromatic nitrogens is 3. The summed E-state index contributed by atoms with van der Waals surface area (Å²) < 4.78 is 1.55. The highest BCUT2D eigenvalue weighted by atomic mass is 35.5. The number of nitrogens with zero attached hydrogens (tertiary/aromatic N) is 3. The summed E-state index contributed by atoms with van der Waals surface area (Å²) in [6.07, 6.45) is 4.07. The molecule has 0 unspecified atom stereocenters. The Morgan fingerprint density at radius 3 is 2.84 bits per heavy atom. The van der Waals surface area contributed by atoms with E-state index < -0.39 is 0 Å². The number of hydrogen-bond acceptors (Lipinski definition) is 3. The van der Waals surface area contributed by atoms with E-state index in [0.29, 0.717) is 32.5 Å². The summed E-state index contributed by atoms with van der Waals surface area (Å²) in [5, 5.41) is 5.31. The monoisotopic (exact) mass is 291 g/mol. The molecule has 1 aromatic carbocycles. The molecule has 0 radical (unpaired) electrons. The number of hydrogen-bond donors (Lipinski definition) is 0. The highest BCUT2D eigenvalue weighted by molar-refractivity contribution is 6.36. The Balaban J connectivity index is 2.33. The van der Waals surface area contributed by atoms with Gasteiger partial charge >= 0.3 is 0 Å². The van der Waals surface area contributed by atoms with Crippen molar-refractivity contribution in [3.05, 3.63) is 52.3 Å². The minimum absolute atomic E-state index is 0.407. The first-order valence-corrected chi connectivity index (χ1v) is 6.20. The average molecular weight is 292 g/mol. The van der Waals surface area contributed by atoms with Gasteiger partial charge in [-0.3, -0.25) is 4.79 Å². The summed E-state index contributed by atoms with van der Waals surface area (Å²) in [7, 11) is 0. The maximum atomic E-state index is 11.3. The Hall–Kier alpha value is -1.91. The van der Waals surface area contributed by atoms with Gasteiger partial charge < -0.3 is 0 Å². The Labute approximate surface area is 118 Å². The number of aldehydes is 1. The van der Waals surface area contributed by atoms with E-state index in [2.05, 4.69) is 10.1 Å². The first-order valence-electron chi connectivity index (χ1n) is 5.44. The molecule has 0 saturated carbocycles. The predicted octanol–water partition coefficient (Wildman–Crippen LogP) is 3.52. The molecule has 0 aliphatic carbocycles. The third-order valence-electron chi connectivity index (χ3n) is 2.74. The fourth-order valence-corrected chi connectivity index (χ4v) is 2.39. The van der Waals surface area contributed by atoms with E-state index >= 15 is 0 Å². The van der Waals surface area contributed by atoms with Crippen LogP contribution in [0, 0.1) is 0 Å². The van der Waals surface area contributed by atoms with Crippen LogP contribution in [0.2, 0.25) is 10.0 Å². The highest BCUT2D eigenvalue weighted by Crippen LogP contribution is 2.32. The first kappa shape index (κ1) is 12.1. The maximum Gasteiger partial charge on any atom is 0.166 e. The molecule has 0 N–H and O–H groups in total. The lowest BCUT2D eigenvalue weighted by Gasteiger charge is -2.01. The zero-order valence-corrected chi connectivity index (χ0v) is 11.1. The van der Waals surface area contributed by atoms with Crippen molar-refractivity contribution in [1.29, 1.82) is 0 Å². The number of benzene rings is 1. The zero-order chi connectivity index (χ0) is 13.4. The molecule has 19 heavy (non-hydrogen) atoms. The van der Waals surface area contributed by atoms with Crippen LogP contribution in [0.3, 0.4) is 0 Å².